The van der Waals surface area contributed by atoms with E-state index in [0.29, 0.717) is 43.0 Å². The average molecular weight is 604 g/mol. The molecular formula is C28H28BrClN2O4S. The zero-order valence-corrected chi connectivity index (χ0v) is 24.2. The van der Waals surface area contributed by atoms with Gasteiger partial charge in [-0.25, -0.2) is 9.79 Å². The molecule has 1 aromatic heterocycles. The first-order valence-corrected chi connectivity index (χ1v) is 14.1. The number of aromatic hydroxyl groups is 1. The second-order valence-electron chi connectivity index (χ2n) is 9.06. The smallest absolute Gasteiger partial charge is 0.338 e. The summed E-state index contributed by atoms with van der Waals surface area (Å²) in [7, 11) is 0. The van der Waals surface area contributed by atoms with E-state index in [1.54, 1.807) is 29.7 Å². The van der Waals surface area contributed by atoms with Crippen LogP contribution in [0.1, 0.15) is 69.2 Å². The molecule has 4 rings (SSSR count). The number of aromatic nitrogens is 1. The number of nitrogens with zero attached hydrogens (tertiary/aromatic N) is 2. The number of rotatable bonds is 7. The zero-order valence-electron chi connectivity index (χ0n) is 21.0. The van der Waals surface area contributed by atoms with Crippen molar-refractivity contribution in [2.45, 2.75) is 52.5 Å². The van der Waals surface area contributed by atoms with Gasteiger partial charge in [-0.1, -0.05) is 90.3 Å². The van der Waals surface area contributed by atoms with Gasteiger partial charge in [-0.2, -0.15) is 0 Å². The number of hydrogen-bond donors (Lipinski definition) is 1. The third-order valence-corrected chi connectivity index (χ3v) is 7.88. The van der Waals surface area contributed by atoms with Crippen LogP contribution in [0.5, 0.6) is 5.75 Å². The molecule has 2 aromatic carbocycles. The summed E-state index contributed by atoms with van der Waals surface area (Å²) in [6.45, 7) is 8.23. The van der Waals surface area contributed by atoms with Crippen LogP contribution in [-0.2, 0) is 9.53 Å². The molecule has 0 spiro atoms. The standard InChI is InChI=1S/C28H28BrClN2O4S/c1-5-7-21-23(27(35)36-6-2)24(17-10-8-16(9-11-17)15(3)4)32-26(34)22(37-28(32)31-21)13-18-12-19(29)14-20(30)25(18)33/h8-15,24,33H,5-7H2,1-4H3/b22-13-/t24-/m0/s1. The number of phenolic OH excluding ortho intramolecular Hbond substituents is 1. The Morgan fingerprint density at radius 3 is 2.59 bits per heavy atom. The van der Waals surface area contributed by atoms with Crippen LogP contribution >= 0.6 is 38.9 Å². The number of fused-ring (bicyclic) bond motifs is 1. The first kappa shape index (κ1) is 27.4. The summed E-state index contributed by atoms with van der Waals surface area (Å²) in [5.41, 5.74) is 3.06. The van der Waals surface area contributed by atoms with Crippen LogP contribution in [0, 0.1) is 0 Å². The molecule has 0 unspecified atom stereocenters. The van der Waals surface area contributed by atoms with Crippen LogP contribution in [-0.4, -0.2) is 22.2 Å². The molecule has 0 fully saturated rings. The quantitative estimate of drug-likeness (QED) is 0.345. The Kier molecular flexibility index (Phi) is 8.41. The largest absolute Gasteiger partial charge is 0.506 e. The highest BCUT2D eigenvalue weighted by atomic mass is 79.9. The van der Waals surface area contributed by atoms with Gasteiger partial charge >= 0.3 is 5.97 Å². The van der Waals surface area contributed by atoms with Crippen molar-refractivity contribution in [3.8, 4) is 5.75 Å². The second kappa shape index (κ2) is 11.4. The molecule has 194 valence electrons. The van der Waals surface area contributed by atoms with Gasteiger partial charge in [-0.15, -0.1) is 0 Å². The molecule has 0 radical (unpaired) electrons. The number of phenols is 1. The van der Waals surface area contributed by atoms with Gasteiger partial charge in [0.15, 0.2) is 4.80 Å². The Labute approximate surface area is 232 Å². The number of benzene rings is 2. The maximum Gasteiger partial charge on any atom is 0.338 e. The maximum atomic E-state index is 13.8. The van der Waals surface area contributed by atoms with E-state index in [1.807, 2.05) is 31.2 Å². The van der Waals surface area contributed by atoms with Gasteiger partial charge in [0, 0.05) is 10.0 Å². The molecule has 2 heterocycles. The van der Waals surface area contributed by atoms with E-state index in [9.17, 15) is 14.7 Å². The van der Waals surface area contributed by atoms with Gasteiger partial charge in [0.2, 0.25) is 0 Å². The van der Waals surface area contributed by atoms with Crippen molar-refractivity contribution in [3.05, 3.63) is 93.5 Å². The Hall–Kier alpha value is -2.68. The van der Waals surface area contributed by atoms with Crippen molar-refractivity contribution < 1.29 is 14.6 Å². The summed E-state index contributed by atoms with van der Waals surface area (Å²) in [5.74, 6) is -0.245. The van der Waals surface area contributed by atoms with E-state index in [2.05, 4.69) is 29.8 Å². The molecule has 3 aromatic rings. The number of allylic oxidation sites excluding steroid dienone is 1. The van der Waals surface area contributed by atoms with Gasteiger partial charge in [0.25, 0.3) is 5.56 Å². The topological polar surface area (TPSA) is 80.9 Å². The summed E-state index contributed by atoms with van der Waals surface area (Å²) in [5, 5.41) is 10.7. The van der Waals surface area contributed by atoms with E-state index < -0.39 is 12.0 Å². The van der Waals surface area contributed by atoms with Crippen molar-refractivity contribution in [1.29, 1.82) is 0 Å². The van der Waals surface area contributed by atoms with Gasteiger partial charge in [-0.05, 0) is 48.6 Å². The van der Waals surface area contributed by atoms with Crippen LogP contribution < -0.4 is 14.9 Å². The van der Waals surface area contributed by atoms with Crippen molar-refractivity contribution in [2.24, 2.45) is 4.99 Å². The van der Waals surface area contributed by atoms with Crippen LogP contribution in [0.15, 0.2) is 61.9 Å². The van der Waals surface area contributed by atoms with E-state index in [-0.39, 0.29) is 22.9 Å². The fourth-order valence-electron chi connectivity index (χ4n) is 4.34. The minimum atomic E-state index is -0.681. The highest BCUT2D eigenvalue weighted by Crippen LogP contribution is 2.34. The van der Waals surface area contributed by atoms with Gasteiger partial charge in [0.1, 0.15) is 5.75 Å². The predicted molar refractivity (Wildman–Crippen MR) is 151 cm³/mol. The maximum absolute atomic E-state index is 13.8. The van der Waals surface area contributed by atoms with Gasteiger partial charge in [0.05, 0.1) is 33.5 Å². The molecule has 0 bridgehead atoms. The first-order chi connectivity index (χ1) is 17.7. The minimum Gasteiger partial charge on any atom is -0.506 e. The van der Waals surface area contributed by atoms with Crippen molar-refractivity contribution in [3.63, 3.8) is 0 Å². The molecule has 1 atom stereocenters. The molecule has 0 amide bonds. The third kappa shape index (κ3) is 5.47. The molecule has 6 nitrogen and oxygen atoms in total. The van der Waals surface area contributed by atoms with Crippen LogP contribution in [0.2, 0.25) is 5.02 Å². The lowest BCUT2D eigenvalue weighted by Gasteiger charge is -2.26. The van der Waals surface area contributed by atoms with Crippen molar-refractivity contribution >= 4 is 50.9 Å². The van der Waals surface area contributed by atoms with E-state index in [4.69, 9.17) is 21.3 Å². The fraction of sp³-hybridized carbons (Fsp3) is 0.321. The molecule has 0 saturated carbocycles. The van der Waals surface area contributed by atoms with Gasteiger partial charge < -0.3 is 9.84 Å². The molecule has 1 aliphatic rings. The monoisotopic (exact) mass is 602 g/mol. The highest BCUT2D eigenvalue weighted by Gasteiger charge is 2.34. The summed E-state index contributed by atoms with van der Waals surface area (Å²) in [6, 6.07) is 10.6. The molecular weight excluding hydrogens is 576 g/mol. The molecule has 9 heteroatoms. The predicted octanol–water partition coefficient (Wildman–Crippen LogP) is 5.82. The van der Waals surface area contributed by atoms with E-state index >= 15 is 0 Å². The normalized spacial score (nSPS) is 15.6. The minimum absolute atomic E-state index is 0.115. The summed E-state index contributed by atoms with van der Waals surface area (Å²) in [6.07, 6.45) is 2.95. The number of esters is 1. The van der Waals surface area contributed by atoms with Crippen LogP contribution in [0.25, 0.3) is 6.08 Å². The molecule has 1 N–H and O–H groups in total. The number of thiazole rings is 1. The Balaban J connectivity index is 2.00. The SMILES string of the molecule is CCCC1=C(C(=O)OCC)[C@H](c2ccc(C(C)C)cc2)n2c(s/c(=C\c3cc(Br)cc(Cl)c3O)c2=O)=N1. The molecule has 0 aliphatic carbocycles. The molecule has 0 saturated heterocycles. The Morgan fingerprint density at radius 1 is 1.27 bits per heavy atom. The number of halogens is 2. The average Bonchev–Trinajstić information content (AvgIpc) is 3.16. The lowest BCUT2D eigenvalue weighted by molar-refractivity contribution is -0.139. The Bertz CT molecular complexity index is 1550. The highest BCUT2D eigenvalue weighted by molar-refractivity contribution is 9.10. The number of carbonyl (C=O) groups is 1. The zero-order chi connectivity index (χ0) is 26.9. The number of carbonyl (C=O) groups excluding carboxylic acids is 1. The van der Waals surface area contributed by atoms with E-state index in [0.717, 1.165) is 17.5 Å². The molecule has 1 aliphatic heterocycles. The van der Waals surface area contributed by atoms with Crippen molar-refractivity contribution in [2.75, 3.05) is 6.61 Å². The molecule has 37 heavy (non-hydrogen) atoms. The van der Waals surface area contributed by atoms with Gasteiger partial charge in [-0.3, -0.25) is 9.36 Å². The first-order valence-electron chi connectivity index (χ1n) is 12.2. The van der Waals surface area contributed by atoms with Crippen LogP contribution in [0.4, 0.5) is 0 Å². The third-order valence-electron chi connectivity index (χ3n) is 6.16. The fourth-order valence-corrected chi connectivity index (χ4v) is 6.18. The lowest BCUT2D eigenvalue weighted by atomic mass is 9.92. The van der Waals surface area contributed by atoms with Crippen LogP contribution in [0.3, 0.4) is 0 Å². The van der Waals surface area contributed by atoms with E-state index in [1.165, 1.54) is 11.3 Å². The second-order valence-corrected chi connectivity index (χ2v) is 11.4. The van der Waals surface area contributed by atoms with Crippen molar-refractivity contribution in [1.82, 2.24) is 4.57 Å². The Morgan fingerprint density at radius 2 is 1.97 bits per heavy atom. The lowest BCUT2D eigenvalue weighted by Crippen LogP contribution is -2.40. The summed E-state index contributed by atoms with van der Waals surface area (Å²) < 4.78 is 8.04. The number of ether oxygens (including phenoxy) is 1. The summed E-state index contributed by atoms with van der Waals surface area (Å²) in [4.78, 5) is 32.4. The summed E-state index contributed by atoms with van der Waals surface area (Å²) >= 11 is 10.7. The number of hydrogen-bond acceptors (Lipinski definition) is 6.